The molecular weight excluding hydrogens is 302 g/mol. The van der Waals surface area contributed by atoms with Gasteiger partial charge in [0.1, 0.15) is 17.4 Å². The lowest BCUT2D eigenvalue weighted by molar-refractivity contribution is 0.475. The first-order chi connectivity index (χ1) is 11.5. The van der Waals surface area contributed by atoms with Crippen molar-refractivity contribution in [1.29, 1.82) is 5.26 Å². The monoisotopic (exact) mass is 317 g/mol. The van der Waals surface area contributed by atoms with Crippen LogP contribution in [0.2, 0.25) is 0 Å². The average Bonchev–Trinajstić information content (AvgIpc) is 2.56. The van der Waals surface area contributed by atoms with Crippen LogP contribution < -0.4 is 5.56 Å². The van der Waals surface area contributed by atoms with Crippen LogP contribution >= 0.6 is 0 Å². The maximum Gasteiger partial charge on any atom is 0.289 e. The summed E-state index contributed by atoms with van der Waals surface area (Å²) in [6, 6.07) is 14.7. The van der Waals surface area contributed by atoms with E-state index in [1.165, 1.54) is 10.9 Å². The van der Waals surface area contributed by atoms with Crippen LogP contribution in [0.3, 0.4) is 0 Å². The summed E-state index contributed by atoms with van der Waals surface area (Å²) in [4.78, 5) is 12.4. The lowest BCUT2D eigenvalue weighted by Gasteiger charge is -2.08. The Balaban J connectivity index is 2.19. The van der Waals surface area contributed by atoms with E-state index in [9.17, 15) is 9.90 Å². The van der Waals surface area contributed by atoms with Crippen LogP contribution in [-0.2, 0) is 0 Å². The summed E-state index contributed by atoms with van der Waals surface area (Å²) in [6.07, 6.45) is 1.45. The molecule has 0 radical (unpaired) electrons. The van der Waals surface area contributed by atoms with E-state index in [2.05, 4.69) is 5.10 Å². The van der Waals surface area contributed by atoms with Crippen LogP contribution in [0.4, 0.5) is 0 Å². The zero-order valence-corrected chi connectivity index (χ0v) is 13.3. The molecule has 5 nitrogen and oxygen atoms in total. The number of nitrogens with zero attached hydrogens (tertiary/aromatic N) is 3. The Labute approximate surface area is 138 Å². The highest BCUT2D eigenvalue weighted by Crippen LogP contribution is 2.25. The third kappa shape index (κ3) is 2.55. The molecule has 0 aliphatic rings. The van der Waals surface area contributed by atoms with Gasteiger partial charge < -0.3 is 5.11 Å². The molecule has 0 saturated carbocycles. The van der Waals surface area contributed by atoms with Crippen molar-refractivity contribution >= 4 is 17.0 Å². The number of aromatic nitrogens is 1. The number of nitriles is 1. The topological polar surface area (TPSA) is 78.4 Å². The van der Waals surface area contributed by atoms with Gasteiger partial charge in [-0.15, -0.1) is 0 Å². The molecule has 1 N–H and O–H groups in total. The molecule has 3 aromatic rings. The van der Waals surface area contributed by atoms with Crippen LogP contribution in [0.1, 0.15) is 22.4 Å². The van der Waals surface area contributed by atoms with Gasteiger partial charge in [0, 0.05) is 11.3 Å². The van der Waals surface area contributed by atoms with Crippen LogP contribution in [0.15, 0.2) is 52.4 Å². The van der Waals surface area contributed by atoms with Gasteiger partial charge in [-0.25, -0.2) is 4.68 Å². The highest BCUT2D eigenvalue weighted by molar-refractivity contribution is 6.02. The van der Waals surface area contributed by atoms with Crippen molar-refractivity contribution in [2.24, 2.45) is 5.10 Å². The normalized spacial score (nSPS) is 11.0. The third-order valence-corrected chi connectivity index (χ3v) is 3.92. The van der Waals surface area contributed by atoms with E-state index >= 15 is 0 Å². The van der Waals surface area contributed by atoms with Crippen molar-refractivity contribution in [2.75, 3.05) is 0 Å². The first-order valence-corrected chi connectivity index (χ1v) is 7.41. The summed E-state index contributed by atoms with van der Waals surface area (Å²) in [6.45, 7) is 3.47. The maximum atomic E-state index is 12.4. The summed E-state index contributed by atoms with van der Waals surface area (Å²) in [7, 11) is 0. The summed E-state index contributed by atoms with van der Waals surface area (Å²) in [5, 5.41) is 25.3. The van der Waals surface area contributed by atoms with Gasteiger partial charge in [0.15, 0.2) is 0 Å². The molecule has 0 amide bonds. The highest BCUT2D eigenvalue weighted by atomic mass is 16.3. The minimum absolute atomic E-state index is 0.0693. The summed E-state index contributed by atoms with van der Waals surface area (Å²) >= 11 is 0. The van der Waals surface area contributed by atoms with Gasteiger partial charge in [-0.3, -0.25) is 4.79 Å². The standard InChI is InChI=1S/C19H15N3O2/c1-12-9-13(2)22(19(24)16(12)10-20)21-11-17-15-6-4-3-5-14(15)7-8-18(17)23/h3-9,11,23H,1-2H3/b21-11+. The second-order valence-corrected chi connectivity index (χ2v) is 5.54. The molecule has 3 rings (SSSR count). The van der Waals surface area contributed by atoms with Gasteiger partial charge in [0.25, 0.3) is 5.56 Å². The molecule has 118 valence electrons. The Morgan fingerprint density at radius 1 is 1.21 bits per heavy atom. The zero-order chi connectivity index (χ0) is 17.3. The molecule has 0 fully saturated rings. The molecule has 24 heavy (non-hydrogen) atoms. The summed E-state index contributed by atoms with van der Waals surface area (Å²) < 4.78 is 1.17. The molecule has 0 saturated heterocycles. The Bertz CT molecular complexity index is 1070. The fourth-order valence-corrected chi connectivity index (χ4v) is 2.70. The number of aromatic hydroxyl groups is 1. The van der Waals surface area contributed by atoms with Gasteiger partial charge in [-0.05, 0) is 42.3 Å². The largest absolute Gasteiger partial charge is 0.507 e. The highest BCUT2D eigenvalue weighted by Gasteiger charge is 2.10. The van der Waals surface area contributed by atoms with Crippen molar-refractivity contribution in [3.05, 3.63) is 75.2 Å². The number of aryl methyl sites for hydroxylation is 2. The number of phenolic OH excluding ortho intramolecular Hbond substituents is 1. The predicted molar refractivity (Wildman–Crippen MR) is 93.5 cm³/mol. The average molecular weight is 317 g/mol. The van der Waals surface area contributed by atoms with Crippen molar-refractivity contribution in [2.45, 2.75) is 13.8 Å². The van der Waals surface area contributed by atoms with Crippen LogP contribution in [0.25, 0.3) is 10.8 Å². The van der Waals surface area contributed by atoms with Gasteiger partial charge in [-0.2, -0.15) is 10.4 Å². The number of hydrogen-bond acceptors (Lipinski definition) is 4. The van der Waals surface area contributed by atoms with E-state index in [0.29, 0.717) is 16.8 Å². The lowest BCUT2D eigenvalue weighted by atomic mass is 10.0. The van der Waals surface area contributed by atoms with Gasteiger partial charge in [0.05, 0.1) is 6.21 Å². The Morgan fingerprint density at radius 3 is 2.71 bits per heavy atom. The molecule has 0 unspecified atom stereocenters. The molecule has 0 atom stereocenters. The summed E-state index contributed by atoms with van der Waals surface area (Å²) in [5.41, 5.74) is 1.37. The van der Waals surface area contributed by atoms with E-state index < -0.39 is 5.56 Å². The van der Waals surface area contributed by atoms with Gasteiger partial charge >= 0.3 is 0 Å². The fourth-order valence-electron chi connectivity index (χ4n) is 2.70. The quantitative estimate of drug-likeness (QED) is 0.738. The molecular formula is C19H15N3O2. The van der Waals surface area contributed by atoms with Gasteiger partial charge in [-0.1, -0.05) is 30.3 Å². The third-order valence-electron chi connectivity index (χ3n) is 3.92. The number of phenols is 1. The Kier molecular flexibility index (Phi) is 3.88. The second-order valence-electron chi connectivity index (χ2n) is 5.54. The van der Waals surface area contributed by atoms with Crippen LogP contribution in [-0.4, -0.2) is 16.0 Å². The number of fused-ring (bicyclic) bond motifs is 1. The van der Waals surface area contributed by atoms with E-state index in [1.807, 2.05) is 36.4 Å². The molecule has 5 heteroatoms. The van der Waals surface area contributed by atoms with Crippen LogP contribution in [0.5, 0.6) is 5.75 Å². The number of hydrogen-bond donors (Lipinski definition) is 1. The van der Waals surface area contributed by atoms with Crippen molar-refractivity contribution < 1.29 is 5.11 Å². The number of pyridine rings is 1. The maximum absolute atomic E-state index is 12.4. The van der Waals surface area contributed by atoms with Crippen molar-refractivity contribution in [3.8, 4) is 11.8 Å². The minimum Gasteiger partial charge on any atom is -0.507 e. The fraction of sp³-hybridized carbons (Fsp3) is 0.105. The molecule has 1 heterocycles. The van der Waals surface area contributed by atoms with Crippen LogP contribution in [0, 0.1) is 25.2 Å². The number of rotatable bonds is 2. The van der Waals surface area contributed by atoms with Gasteiger partial charge in [0.2, 0.25) is 0 Å². The SMILES string of the molecule is Cc1cc(C)n(/N=C/c2c(O)ccc3ccccc23)c(=O)c1C#N. The second kappa shape index (κ2) is 6.01. The first-order valence-electron chi connectivity index (χ1n) is 7.41. The molecule has 2 aromatic carbocycles. The van der Waals surface area contributed by atoms with E-state index in [-0.39, 0.29) is 11.3 Å². The lowest BCUT2D eigenvalue weighted by Crippen LogP contribution is -2.22. The smallest absolute Gasteiger partial charge is 0.289 e. The van der Waals surface area contributed by atoms with E-state index in [1.54, 1.807) is 26.0 Å². The first kappa shape index (κ1) is 15.5. The Hall–Kier alpha value is -3.39. The summed E-state index contributed by atoms with van der Waals surface area (Å²) in [5.74, 6) is 0.0794. The predicted octanol–water partition coefficient (Wildman–Crippen LogP) is 3.08. The Morgan fingerprint density at radius 2 is 1.96 bits per heavy atom. The van der Waals surface area contributed by atoms with E-state index in [4.69, 9.17) is 5.26 Å². The molecule has 0 spiro atoms. The molecule has 0 aliphatic carbocycles. The van der Waals surface area contributed by atoms with E-state index in [0.717, 1.165) is 10.8 Å². The zero-order valence-electron chi connectivity index (χ0n) is 13.3. The van der Waals surface area contributed by atoms with Crippen molar-refractivity contribution in [3.63, 3.8) is 0 Å². The minimum atomic E-state index is -0.467. The molecule has 1 aromatic heterocycles. The van der Waals surface area contributed by atoms with Crippen molar-refractivity contribution in [1.82, 2.24) is 4.68 Å². The number of benzene rings is 2. The molecule has 0 bridgehead atoms. The molecule has 0 aliphatic heterocycles.